The summed E-state index contributed by atoms with van der Waals surface area (Å²) >= 11 is 0. The van der Waals surface area contributed by atoms with Crippen LogP contribution >= 0.6 is 0 Å². The number of likely N-dealkylation sites (tertiary alicyclic amines) is 1. The molecule has 2 heterocycles. The summed E-state index contributed by atoms with van der Waals surface area (Å²) in [5.41, 5.74) is 1.79. The molecule has 6 heteroatoms. The Labute approximate surface area is 160 Å². The van der Waals surface area contributed by atoms with Gasteiger partial charge in [0.05, 0.1) is 0 Å². The van der Waals surface area contributed by atoms with Crippen LogP contribution in [0.2, 0.25) is 0 Å². The average molecular weight is 370 g/mol. The van der Waals surface area contributed by atoms with E-state index in [1.54, 1.807) is 18.3 Å². The second-order valence-electron chi connectivity index (χ2n) is 7.15. The van der Waals surface area contributed by atoms with Gasteiger partial charge < -0.3 is 10.2 Å². The molecule has 1 amide bonds. The Morgan fingerprint density at radius 1 is 1.19 bits per heavy atom. The number of rotatable bonds is 6. The number of nitrogens with one attached hydrogen (secondary N) is 1. The Hall–Kier alpha value is -2.47. The van der Waals surface area contributed by atoms with Crippen molar-refractivity contribution >= 4 is 11.7 Å². The molecule has 1 atom stereocenters. The summed E-state index contributed by atoms with van der Waals surface area (Å²) in [6.07, 6.45) is 5.10. The van der Waals surface area contributed by atoms with E-state index in [-0.39, 0.29) is 11.7 Å². The van der Waals surface area contributed by atoms with Crippen molar-refractivity contribution in [3.8, 4) is 0 Å². The van der Waals surface area contributed by atoms with Gasteiger partial charge in [0.15, 0.2) is 0 Å². The van der Waals surface area contributed by atoms with Crippen LogP contribution in [0.4, 0.5) is 10.2 Å². The maximum atomic E-state index is 13.4. The number of pyridine rings is 1. The van der Waals surface area contributed by atoms with Crippen LogP contribution in [0.15, 0.2) is 42.6 Å². The van der Waals surface area contributed by atoms with E-state index < -0.39 is 6.04 Å². The summed E-state index contributed by atoms with van der Waals surface area (Å²) < 4.78 is 13.4. The lowest BCUT2D eigenvalue weighted by Crippen LogP contribution is -2.42. The number of halogens is 1. The minimum Gasteiger partial charge on any atom is -0.362 e. The van der Waals surface area contributed by atoms with Gasteiger partial charge in [-0.25, -0.2) is 9.37 Å². The van der Waals surface area contributed by atoms with Crippen molar-refractivity contribution < 1.29 is 9.18 Å². The largest absolute Gasteiger partial charge is 0.362 e. The highest BCUT2D eigenvalue weighted by Crippen LogP contribution is 2.25. The Bertz CT molecular complexity index is 757. The lowest BCUT2D eigenvalue weighted by Gasteiger charge is -2.34. The summed E-state index contributed by atoms with van der Waals surface area (Å²) in [6, 6.07) is 9.71. The number of hydrogen-bond acceptors (Lipinski definition) is 4. The molecule has 5 nitrogen and oxygen atoms in total. The summed E-state index contributed by atoms with van der Waals surface area (Å²) in [7, 11) is 3.87. The Morgan fingerprint density at radius 3 is 2.56 bits per heavy atom. The van der Waals surface area contributed by atoms with Crippen LogP contribution in [-0.4, -0.2) is 43.0 Å². The summed E-state index contributed by atoms with van der Waals surface area (Å²) in [5.74, 6) is 0.494. The van der Waals surface area contributed by atoms with Gasteiger partial charge in [-0.3, -0.25) is 9.69 Å². The monoisotopic (exact) mass is 370 g/mol. The third-order valence-corrected chi connectivity index (χ3v) is 4.93. The zero-order valence-corrected chi connectivity index (χ0v) is 16.0. The molecule has 0 unspecified atom stereocenters. The molecular formula is C21H27FN4O. The van der Waals surface area contributed by atoms with E-state index >= 15 is 0 Å². The predicted octanol–water partition coefficient (Wildman–Crippen LogP) is 3.13. The summed E-state index contributed by atoms with van der Waals surface area (Å²) in [5, 5.41) is 3.06. The normalized spacial score (nSPS) is 16.0. The van der Waals surface area contributed by atoms with E-state index in [1.807, 2.05) is 31.1 Å². The molecule has 144 valence electrons. The van der Waals surface area contributed by atoms with E-state index in [9.17, 15) is 9.18 Å². The third-order valence-electron chi connectivity index (χ3n) is 4.93. The van der Waals surface area contributed by atoms with E-state index in [0.29, 0.717) is 6.54 Å². The van der Waals surface area contributed by atoms with Crippen LogP contribution < -0.4 is 10.2 Å². The number of piperidine rings is 1. The molecule has 1 aliphatic rings. The molecule has 0 spiro atoms. The first-order chi connectivity index (χ1) is 13.1. The molecular weight excluding hydrogens is 343 g/mol. The SMILES string of the molecule is CN(C)c1ncccc1CNC(=O)[C@H](c1ccc(F)cc1)N1CCCCC1. The van der Waals surface area contributed by atoms with Crippen LogP contribution in [-0.2, 0) is 11.3 Å². The van der Waals surface area contributed by atoms with Crippen molar-refractivity contribution in [3.63, 3.8) is 0 Å². The van der Waals surface area contributed by atoms with Gasteiger partial charge in [0.1, 0.15) is 17.7 Å². The summed E-state index contributed by atoms with van der Waals surface area (Å²) in [6.45, 7) is 2.17. The van der Waals surface area contributed by atoms with Crippen molar-refractivity contribution in [2.75, 3.05) is 32.1 Å². The number of nitrogens with zero attached hydrogens (tertiary/aromatic N) is 3. The maximum Gasteiger partial charge on any atom is 0.242 e. The minimum absolute atomic E-state index is 0.0583. The quantitative estimate of drug-likeness (QED) is 0.849. The third kappa shape index (κ3) is 4.83. The van der Waals surface area contributed by atoms with E-state index in [0.717, 1.165) is 42.9 Å². The first-order valence-electron chi connectivity index (χ1n) is 9.44. The molecule has 0 saturated carbocycles. The van der Waals surface area contributed by atoms with Gasteiger partial charge in [-0.05, 0) is 49.7 Å². The minimum atomic E-state index is -0.398. The molecule has 1 aromatic carbocycles. The smallest absolute Gasteiger partial charge is 0.242 e. The van der Waals surface area contributed by atoms with Gasteiger partial charge in [0, 0.05) is 32.4 Å². The fraction of sp³-hybridized carbons (Fsp3) is 0.429. The molecule has 1 saturated heterocycles. The first kappa shape index (κ1) is 19.3. The van der Waals surface area contributed by atoms with Crippen molar-refractivity contribution in [2.24, 2.45) is 0 Å². The van der Waals surface area contributed by atoms with Crippen molar-refractivity contribution in [2.45, 2.75) is 31.8 Å². The van der Waals surface area contributed by atoms with Gasteiger partial charge in [-0.2, -0.15) is 0 Å². The van der Waals surface area contributed by atoms with Gasteiger partial charge in [-0.15, -0.1) is 0 Å². The maximum absolute atomic E-state index is 13.4. The molecule has 3 rings (SSSR count). The zero-order chi connectivity index (χ0) is 19.2. The number of carbonyl (C=O) groups is 1. The molecule has 0 aliphatic carbocycles. The fourth-order valence-electron chi connectivity index (χ4n) is 3.60. The van der Waals surface area contributed by atoms with Gasteiger partial charge >= 0.3 is 0 Å². The molecule has 0 bridgehead atoms. The van der Waals surface area contributed by atoms with Crippen molar-refractivity contribution in [1.82, 2.24) is 15.2 Å². The molecule has 1 aliphatic heterocycles. The van der Waals surface area contributed by atoms with Crippen LogP contribution in [0.1, 0.15) is 36.4 Å². The second-order valence-corrected chi connectivity index (χ2v) is 7.15. The highest BCUT2D eigenvalue weighted by atomic mass is 19.1. The number of amides is 1. The standard InChI is InChI=1S/C21H27FN4O/c1-25(2)20-17(7-6-12-23-20)15-24-21(27)19(26-13-4-3-5-14-26)16-8-10-18(22)11-9-16/h6-12,19H,3-5,13-15H2,1-2H3,(H,24,27)/t19-/m0/s1. The fourth-order valence-corrected chi connectivity index (χ4v) is 3.60. The van der Waals surface area contributed by atoms with E-state index in [4.69, 9.17) is 0 Å². The first-order valence-corrected chi connectivity index (χ1v) is 9.44. The van der Waals surface area contributed by atoms with Crippen molar-refractivity contribution in [3.05, 3.63) is 59.5 Å². The number of carbonyl (C=O) groups excluding carboxylic acids is 1. The highest BCUT2D eigenvalue weighted by Gasteiger charge is 2.28. The second kappa shape index (κ2) is 8.95. The lowest BCUT2D eigenvalue weighted by atomic mass is 10.0. The number of benzene rings is 1. The molecule has 1 aromatic heterocycles. The lowest BCUT2D eigenvalue weighted by molar-refractivity contribution is -0.127. The number of aromatic nitrogens is 1. The summed E-state index contributed by atoms with van der Waals surface area (Å²) in [4.78, 5) is 21.6. The van der Waals surface area contributed by atoms with Gasteiger partial charge in [-0.1, -0.05) is 24.6 Å². The number of hydrogen-bond donors (Lipinski definition) is 1. The van der Waals surface area contributed by atoms with Crippen LogP contribution in [0.3, 0.4) is 0 Å². The Morgan fingerprint density at radius 2 is 1.89 bits per heavy atom. The Kier molecular flexibility index (Phi) is 6.40. The van der Waals surface area contributed by atoms with Gasteiger partial charge in [0.25, 0.3) is 0 Å². The topological polar surface area (TPSA) is 48.5 Å². The zero-order valence-electron chi connectivity index (χ0n) is 16.0. The molecule has 1 N–H and O–H groups in total. The van der Waals surface area contributed by atoms with Crippen LogP contribution in [0.5, 0.6) is 0 Å². The highest BCUT2D eigenvalue weighted by molar-refractivity contribution is 5.83. The van der Waals surface area contributed by atoms with Gasteiger partial charge in [0.2, 0.25) is 5.91 Å². The van der Waals surface area contributed by atoms with Crippen molar-refractivity contribution in [1.29, 1.82) is 0 Å². The van der Waals surface area contributed by atoms with Crippen LogP contribution in [0.25, 0.3) is 0 Å². The molecule has 0 radical (unpaired) electrons. The van der Waals surface area contributed by atoms with E-state index in [1.165, 1.54) is 18.6 Å². The van der Waals surface area contributed by atoms with E-state index in [2.05, 4.69) is 15.2 Å². The number of anilines is 1. The molecule has 1 fully saturated rings. The molecule has 27 heavy (non-hydrogen) atoms. The molecule has 2 aromatic rings. The Balaban J connectivity index is 1.78. The average Bonchev–Trinajstić information content (AvgIpc) is 2.69. The predicted molar refractivity (Wildman–Crippen MR) is 105 cm³/mol. The van der Waals surface area contributed by atoms with Crippen LogP contribution in [0, 0.1) is 5.82 Å².